The summed E-state index contributed by atoms with van der Waals surface area (Å²) in [6.45, 7) is 4.18. The maximum Gasteiger partial charge on any atom is 0.313 e. The van der Waals surface area contributed by atoms with E-state index in [1.54, 1.807) is 0 Å². The third-order valence-electron chi connectivity index (χ3n) is 9.28. The van der Waals surface area contributed by atoms with Gasteiger partial charge in [-0.1, -0.05) is 37.1 Å². The lowest BCUT2D eigenvalue weighted by molar-refractivity contribution is -0.173. The van der Waals surface area contributed by atoms with Crippen molar-refractivity contribution in [2.24, 2.45) is 28.6 Å². The van der Waals surface area contributed by atoms with Crippen LogP contribution in [0.15, 0.2) is 23.3 Å². The summed E-state index contributed by atoms with van der Waals surface area (Å²) in [7, 11) is 1.40. The minimum Gasteiger partial charge on any atom is -0.469 e. The van der Waals surface area contributed by atoms with Crippen molar-refractivity contribution in [3.63, 3.8) is 0 Å². The molecule has 4 aliphatic carbocycles. The molecule has 30 heavy (non-hydrogen) atoms. The summed E-state index contributed by atoms with van der Waals surface area (Å²) >= 11 is 0. The predicted molar refractivity (Wildman–Crippen MR) is 107 cm³/mol. The summed E-state index contributed by atoms with van der Waals surface area (Å²) in [6.07, 6.45) is 7.19. The van der Waals surface area contributed by atoms with E-state index in [0.717, 1.165) is 17.6 Å². The van der Waals surface area contributed by atoms with E-state index in [9.17, 15) is 19.5 Å². The first-order chi connectivity index (χ1) is 14.2. The summed E-state index contributed by atoms with van der Waals surface area (Å²) in [4.78, 5) is 37.1. The number of rotatable bonds is 1. The summed E-state index contributed by atoms with van der Waals surface area (Å²) in [6, 6.07) is 0. The first-order valence-corrected chi connectivity index (χ1v) is 11.1. The van der Waals surface area contributed by atoms with Crippen LogP contribution in [0.2, 0.25) is 0 Å². The third kappa shape index (κ3) is 2.31. The summed E-state index contributed by atoms with van der Waals surface area (Å²) < 4.78 is 11.1. The van der Waals surface area contributed by atoms with Crippen LogP contribution in [-0.2, 0) is 23.9 Å². The zero-order valence-corrected chi connectivity index (χ0v) is 17.9. The van der Waals surface area contributed by atoms with Crippen LogP contribution < -0.4 is 0 Å². The number of hydrogen-bond acceptors (Lipinski definition) is 6. The third-order valence-corrected chi connectivity index (χ3v) is 9.28. The second kappa shape index (κ2) is 6.28. The number of aliphatic hydroxyl groups excluding tert-OH is 1. The minimum atomic E-state index is -0.769. The second-order valence-corrected chi connectivity index (χ2v) is 10.3. The average molecular weight is 414 g/mol. The van der Waals surface area contributed by atoms with Gasteiger partial charge >= 0.3 is 11.9 Å². The lowest BCUT2D eigenvalue weighted by atomic mass is 9.48. The number of Topliss-reactive ketones (excluding diaryl/α,β-unsaturated/α-hetero) is 1. The molecule has 3 fully saturated rings. The average Bonchev–Trinajstić information content (AvgIpc) is 3.24. The van der Waals surface area contributed by atoms with Gasteiger partial charge in [0, 0.05) is 36.0 Å². The van der Waals surface area contributed by atoms with Crippen LogP contribution in [0.5, 0.6) is 0 Å². The van der Waals surface area contributed by atoms with Gasteiger partial charge in [-0.05, 0) is 31.6 Å². The molecule has 1 spiro atoms. The second-order valence-electron chi connectivity index (χ2n) is 10.3. The molecule has 0 amide bonds. The fourth-order valence-electron chi connectivity index (χ4n) is 7.47. The standard InChI is InChI=1S/C24H30O6/c1-22-7-4-14(25)10-13(22)11-15(21(28)29-3)20-16-5-8-24(9-6-19(27)30-24)23(16,2)18(26)12-17(20)22/h11-12,15-16,18,20,26H,4-10H2,1-3H3/t15-,16?,18+,20?,22+,23-,24-/m1/s1. The van der Waals surface area contributed by atoms with Crippen molar-refractivity contribution in [1.82, 2.24) is 0 Å². The van der Waals surface area contributed by atoms with Crippen molar-refractivity contribution in [3.05, 3.63) is 23.3 Å². The van der Waals surface area contributed by atoms with E-state index in [4.69, 9.17) is 9.47 Å². The Balaban J connectivity index is 1.67. The quantitative estimate of drug-likeness (QED) is 0.524. The van der Waals surface area contributed by atoms with E-state index in [0.29, 0.717) is 38.5 Å². The Bertz CT molecular complexity index is 901. The van der Waals surface area contributed by atoms with Gasteiger partial charge < -0.3 is 14.6 Å². The molecule has 6 nitrogen and oxygen atoms in total. The molecule has 7 atom stereocenters. The summed E-state index contributed by atoms with van der Waals surface area (Å²) in [5, 5.41) is 11.5. The van der Waals surface area contributed by atoms with Gasteiger partial charge in [-0.2, -0.15) is 0 Å². The molecule has 2 unspecified atom stereocenters. The van der Waals surface area contributed by atoms with E-state index in [-0.39, 0.29) is 35.0 Å². The highest BCUT2D eigenvalue weighted by atomic mass is 16.6. The highest BCUT2D eigenvalue weighted by molar-refractivity contribution is 5.85. The number of allylic oxidation sites excluding steroid dienone is 2. The number of hydrogen-bond donors (Lipinski definition) is 1. The molecule has 5 rings (SSSR count). The Labute approximate surface area is 176 Å². The number of ether oxygens (including phenoxy) is 2. The predicted octanol–water partition coefficient (Wildman–Crippen LogP) is 2.88. The number of esters is 2. The fourth-order valence-corrected chi connectivity index (χ4v) is 7.47. The molecule has 1 heterocycles. The van der Waals surface area contributed by atoms with E-state index in [1.807, 2.05) is 19.1 Å². The molecule has 0 aromatic carbocycles. The smallest absolute Gasteiger partial charge is 0.313 e. The molecule has 1 N–H and O–H groups in total. The van der Waals surface area contributed by atoms with Gasteiger partial charge in [-0.15, -0.1) is 0 Å². The zero-order valence-electron chi connectivity index (χ0n) is 17.9. The Kier molecular flexibility index (Phi) is 4.18. The Morgan fingerprint density at radius 3 is 2.60 bits per heavy atom. The number of fused-ring (bicyclic) bond motifs is 6. The number of ketones is 1. The molecule has 0 radical (unpaired) electrons. The van der Waals surface area contributed by atoms with Crippen LogP contribution in [0.3, 0.4) is 0 Å². The van der Waals surface area contributed by atoms with Gasteiger partial charge in [-0.25, -0.2) is 0 Å². The van der Waals surface area contributed by atoms with Crippen LogP contribution >= 0.6 is 0 Å². The maximum atomic E-state index is 12.9. The van der Waals surface area contributed by atoms with Gasteiger partial charge in [0.2, 0.25) is 0 Å². The number of carbonyl (C=O) groups is 3. The normalized spacial score (nSPS) is 47.1. The van der Waals surface area contributed by atoms with Crippen LogP contribution in [0.1, 0.15) is 58.8 Å². The monoisotopic (exact) mass is 414 g/mol. The van der Waals surface area contributed by atoms with Crippen molar-refractivity contribution >= 4 is 17.7 Å². The van der Waals surface area contributed by atoms with Crippen molar-refractivity contribution in [2.45, 2.75) is 70.5 Å². The van der Waals surface area contributed by atoms with Crippen LogP contribution in [0.25, 0.3) is 0 Å². The lowest BCUT2D eigenvalue weighted by Crippen LogP contribution is -2.58. The molecule has 1 saturated heterocycles. The molecule has 1 aliphatic heterocycles. The first-order valence-electron chi connectivity index (χ1n) is 11.1. The summed E-state index contributed by atoms with van der Waals surface area (Å²) in [5.41, 5.74) is 0.399. The lowest BCUT2D eigenvalue weighted by Gasteiger charge is -2.57. The van der Waals surface area contributed by atoms with Gasteiger partial charge in [-0.3, -0.25) is 14.4 Å². The van der Waals surface area contributed by atoms with E-state index < -0.39 is 23.0 Å². The SMILES string of the molecule is COC(=O)[C@@H]1C=C2CC(=O)CC[C@]2(C)C2=C[C@H](O)[C@@]3(C)C(CC[C@@]34CCC(=O)O4)C21. The zero-order chi connectivity index (χ0) is 21.5. The fraction of sp³-hybridized carbons (Fsp3) is 0.708. The number of methoxy groups -OCH3 is 1. The minimum absolute atomic E-state index is 0.00486. The van der Waals surface area contributed by atoms with E-state index in [2.05, 4.69) is 6.92 Å². The highest BCUT2D eigenvalue weighted by Gasteiger charge is 2.69. The van der Waals surface area contributed by atoms with Crippen molar-refractivity contribution in [3.8, 4) is 0 Å². The largest absolute Gasteiger partial charge is 0.469 e. The molecule has 6 heteroatoms. The molecule has 0 aromatic heterocycles. The molecule has 0 aromatic rings. The molecular weight excluding hydrogens is 384 g/mol. The van der Waals surface area contributed by atoms with E-state index in [1.165, 1.54) is 7.11 Å². The Hall–Kier alpha value is -1.95. The van der Waals surface area contributed by atoms with Gasteiger partial charge in [0.05, 0.1) is 19.1 Å². The van der Waals surface area contributed by atoms with Crippen LogP contribution in [0.4, 0.5) is 0 Å². The Morgan fingerprint density at radius 1 is 1.17 bits per heavy atom. The number of aliphatic hydroxyl groups is 1. The summed E-state index contributed by atoms with van der Waals surface area (Å²) in [5.74, 6) is -0.922. The molecule has 2 saturated carbocycles. The molecule has 5 aliphatic rings. The van der Waals surface area contributed by atoms with Crippen molar-refractivity contribution < 1.29 is 29.0 Å². The molecule has 162 valence electrons. The number of carbonyl (C=O) groups excluding carboxylic acids is 3. The molecular formula is C24H30O6. The first kappa shape index (κ1) is 20.0. The Morgan fingerprint density at radius 2 is 1.93 bits per heavy atom. The molecule has 0 bridgehead atoms. The van der Waals surface area contributed by atoms with E-state index >= 15 is 0 Å². The van der Waals surface area contributed by atoms with Crippen molar-refractivity contribution in [1.29, 1.82) is 0 Å². The highest BCUT2D eigenvalue weighted by Crippen LogP contribution is 2.68. The maximum absolute atomic E-state index is 12.9. The van der Waals surface area contributed by atoms with Gasteiger partial charge in [0.25, 0.3) is 0 Å². The van der Waals surface area contributed by atoms with Gasteiger partial charge in [0.15, 0.2) is 0 Å². The topological polar surface area (TPSA) is 89.9 Å². The van der Waals surface area contributed by atoms with Crippen LogP contribution in [-0.4, -0.2) is 41.6 Å². The van der Waals surface area contributed by atoms with Crippen LogP contribution in [0, 0.1) is 28.6 Å². The van der Waals surface area contributed by atoms with Gasteiger partial charge in [0.1, 0.15) is 11.4 Å². The van der Waals surface area contributed by atoms with Crippen molar-refractivity contribution in [2.75, 3.05) is 7.11 Å².